The van der Waals surface area contributed by atoms with Crippen molar-refractivity contribution in [2.75, 3.05) is 5.43 Å². The lowest BCUT2D eigenvalue weighted by Crippen LogP contribution is -2.11. The first-order chi connectivity index (χ1) is 7.65. The van der Waals surface area contributed by atoms with E-state index in [1.807, 2.05) is 6.07 Å². The third-order valence-corrected chi connectivity index (χ3v) is 2.85. The summed E-state index contributed by atoms with van der Waals surface area (Å²) in [6.45, 7) is 3.93. The van der Waals surface area contributed by atoms with Crippen LogP contribution in [0.25, 0.3) is 5.57 Å². The van der Waals surface area contributed by atoms with E-state index in [4.69, 9.17) is 10.9 Å². The Kier molecular flexibility index (Phi) is 2.62. The highest BCUT2D eigenvalue weighted by Crippen LogP contribution is 2.48. The smallest absolute Gasteiger partial charge is 0.307 e. The first kappa shape index (κ1) is 10.6. The number of carboxylic acids is 1. The molecule has 4 N–H and O–H groups in total. The van der Waals surface area contributed by atoms with Gasteiger partial charge in [-0.2, -0.15) is 0 Å². The van der Waals surface area contributed by atoms with Crippen LogP contribution in [0.15, 0.2) is 24.9 Å². The number of hydrogen-bond acceptors (Lipinski definition) is 4. The number of allylic oxidation sites excluding steroid dienone is 1. The maximum absolute atomic E-state index is 10.8. The molecule has 1 aliphatic rings. The lowest BCUT2D eigenvalue weighted by molar-refractivity contribution is -0.138. The number of hydrogen-bond donors (Lipinski definition) is 3. The van der Waals surface area contributed by atoms with Crippen molar-refractivity contribution in [1.82, 2.24) is 4.98 Å². The summed E-state index contributed by atoms with van der Waals surface area (Å²) in [6, 6.07) is 3.61. The summed E-state index contributed by atoms with van der Waals surface area (Å²) < 4.78 is 0. The number of pyridine rings is 1. The number of anilines is 1. The Morgan fingerprint density at radius 3 is 2.94 bits per heavy atom. The Balaban J connectivity index is 2.19. The zero-order valence-corrected chi connectivity index (χ0v) is 8.68. The molecule has 1 heterocycles. The van der Waals surface area contributed by atoms with Crippen LogP contribution in [0.3, 0.4) is 0 Å². The standard InChI is InChI=1S/C11H13N3O2/c1-6(8-5-9(8)11(15)16)7-3-2-4-13-10(7)14-12/h2-4,8-9H,1,5,12H2,(H,13,14)(H,15,16). The average molecular weight is 219 g/mol. The molecule has 1 aromatic heterocycles. The van der Waals surface area contributed by atoms with Gasteiger partial charge >= 0.3 is 5.97 Å². The Labute approximate surface area is 93.0 Å². The van der Waals surface area contributed by atoms with Crippen LogP contribution in [0, 0.1) is 11.8 Å². The normalized spacial score (nSPS) is 22.6. The van der Waals surface area contributed by atoms with Crippen molar-refractivity contribution in [2.45, 2.75) is 6.42 Å². The molecule has 5 heteroatoms. The van der Waals surface area contributed by atoms with Crippen molar-refractivity contribution in [3.8, 4) is 0 Å². The fourth-order valence-corrected chi connectivity index (χ4v) is 1.83. The molecule has 2 rings (SSSR count). The summed E-state index contributed by atoms with van der Waals surface area (Å²) >= 11 is 0. The van der Waals surface area contributed by atoms with Gasteiger partial charge in [0.2, 0.25) is 0 Å². The number of nitrogen functional groups attached to an aromatic ring is 1. The van der Waals surface area contributed by atoms with E-state index in [1.165, 1.54) is 0 Å². The van der Waals surface area contributed by atoms with Gasteiger partial charge in [0.25, 0.3) is 0 Å². The molecule has 2 unspecified atom stereocenters. The fraction of sp³-hybridized carbons (Fsp3) is 0.273. The second kappa shape index (κ2) is 3.94. The molecule has 1 saturated carbocycles. The van der Waals surface area contributed by atoms with Crippen LogP contribution in [-0.2, 0) is 4.79 Å². The van der Waals surface area contributed by atoms with Crippen LogP contribution in [0.4, 0.5) is 5.82 Å². The van der Waals surface area contributed by atoms with E-state index in [2.05, 4.69) is 17.0 Å². The molecule has 0 spiro atoms. The highest BCUT2D eigenvalue weighted by molar-refractivity contribution is 5.83. The van der Waals surface area contributed by atoms with Crippen molar-refractivity contribution in [3.63, 3.8) is 0 Å². The van der Waals surface area contributed by atoms with Gasteiger partial charge in [-0.05, 0) is 30.0 Å². The van der Waals surface area contributed by atoms with Gasteiger partial charge in [0, 0.05) is 11.8 Å². The summed E-state index contributed by atoms with van der Waals surface area (Å²) in [5.41, 5.74) is 4.06. The second-order valence-corrected chi connectivity index (χ2v) is 3.86. The van der Waals surface area contributed by atoms with Gasteiger partial charge in [0.1, 0.15) is 5.82 Å². The van der Waals surface area contributed by atoms with Gasteiger partial charge in [-0.1, -0.05) is 6.58 Å². The quantitative estimate of drug-likeness (QED) is 0.521. The lowest BCUT2D eigenvalue weighted by Gasteiger charge is -2.09. The molecule has 0 aliphatic heterocycles. The summed E-state index contributed by atoms with van der Waals surface area (Å²) in [6.07, 6.45) is 2.26. The number of aromatic nitrogens is 1. The fourth-order valence-electron chi connectivity index (χ4n) is 1.83. The predicted octanol–water partition coefficient (Wildman–Crippen LogP) is 1.10. The number of carboxylic acid groups (broad SMARTS) is 1. The first-order valence-electron chi connectivity index (χ1n) is 4.98. The minimum atomic E-state index is -0.766. The molecular formula is C11H13N3O2. The highest BCUT2D eigenvalue weighted by atomic mass is 16.4. The van der Waals surface area contributed by atoms with Crippen LogP contribution in [0.1, 0.15) is 12.0 Å². The minimum absolute atomic E-state index is 0.00815. The number of hydrazine groups is 1. The van der Waals surface area contributed by atoms with Gasteiger partial charge in [-0.25, -0.2) is 10.8 Å². The second-order valence-electron chi connectivity index (χ2n) is 3.86. The minimum Gasteiger partial charge on any atom is -0.481 e. The molecule has 2 atom stereocenters. The number of carbonyl (C=O) groups is 1. The van der Waals surface area contributed by atoms with E-state index < -0.39 is 5.97 Å². The molecule has 1 aliphatic carbocycles. The maximum atomic E-state index is 10.8. The Morgan fingerprint density at radius 1 is 1.62 bits per heavy atom. The summed E-state index contributed by atoms with van der Waals surface area (Å²) in [4.78, 5) is 14.8. The number of rotatable bonds is 4. The third-order valence-electron chi connectivity index (χ3n) is 2.85. The van der Waals surface area contributed by atoms with Crippen LogP contribution in [0.5, 0.6) is 0 Å². The molecule has 0 saturated heterocycles. The van der Waals surface area contributed by atoms with E-state index in [9.17, 15) is 4.79 Å². The topological polar surface area (TPSA) is 88.2 Å². The van der Waals surface area contributed by atoms with E-state index in [0.717, 1.165) is 11.1 Å². The van der Waals surface area contributed by atoms with Gasteiger partial charge < -0.3 is 10.5 Å². The van der Waals surface area contributed by atoms with Gasteiger partial charge in [0.05, 0.1) is 5.92 Å². The molecule has 5 nitrogen and oxygen atoms in total. The monoisotopic (exact) mass is 219 g/mol. The predicted molar refractivity (Wildman–Crippen MR) is 60.3 cm³/mol. The maximum Gasteiger partial charge on any atom is 0.307 e. The van der Waals surface area contributed by atoms with Crippen molar-refractivity contribution in [1.29, 1.82) is 0 Å². The summed E-state index contributed by atoms with van der Waals surface area (Å²) in [5.74, 6) is 4.80. The molecule has 0 amide bonds. The SMILES string of the molecule is C=C(c1cccnc1NN)C1CC1C(=O)O. The summed E-state index contributed by atoms with van der Waals surface area (Å²) in [5, 5.41) is 8.85. The molecule has 0 bridgehead atoms. The third kappa shape index (κ3) is 1.77. The zero-order valence-electron chi connectivity index (χ0n) is 8.68. The first-order valence-corrected chi connectivity index (χ1v) is 4.98. The molecule has 84 valence electrons. The Morgan fingerprint density at radius 2 is 2.38 bits per heavy atom. The lowest BCUT2D eigenvalue weighted by atomic mass is 10.0. The van der Waals surface area contributed by atoms with Crippen LogP contribution in [0.2, 0.25) is 0 Å². The van der Waals surface area contributed by atoms with E-state index >= 15 is 0 Å². The average Bonchev–Trinajstić information content (AvgIpc) is 3.08. The number of aliphatic carboxylic acids is 1. The van der Waals surface area contributed by atoms with E-state index in [0.29, 0.717) is 12.2 Å². The number of nitrogens with zero attached hydrogens (tertiary/aromatic N) is 1. The molecule has 1 fully saturated rings. The molecule has 0 aromatic carbocycles. The van der Waals surface area contributed by atoms with Crippen molar-refractivity contribution < 1.29 is 9.90 Å². The molecule has 1 aromatic rings. The van der Waals surface area contributed by atoms with Crippen LogP contribution < -0.4 is 11.3 Å². The van der Waals surface area contributed by atoms with Crippen LogP contribution >= 0.6 is 0 Å². The number of nitrogens with two attached hydrogens (primary N) is 1. The Bertz CT molecular complexity index is 445. The van der Waals surface area contributed by atoms with Crippen molar-refractivity contribution in [2.24, 2.45) is 17.7 Å². The number of nitrogens with one attached hydrogen (secondary N) is 1. The molecular weight excluding hydrogens is 206 g/mol. The Hall–Kier alpha value is -1.88. The van der Waals surface area contributed by atoms with Crippen LogP contribution in [-0.4, -0.2) is 16.1 Å². The summed E-state index contributed by atoms with van der Waals surface area (Å²) in [7, 11) is 0. The van der Waals surface area contributed by atoms with Gasteiger partial charge in [-0.15, -0.1) is 0 Å². The van der Waals surface area contributed by atoms with Gasteiger partial charge in [-0.3, -0.25) is 4.79 Å². The largest absolute Gasteiger partial charge is 0.481 e. The molecule has 16 heavy (non-hydrogen) atoms. The van der Waals surface area contributed by atoms with Crippen molar-refractivity contribution in [3.05, 3.63) is 30.5 Å². The zero-order chi connectivity index (χ0) is 11.7. The van der Waals surface area contributed by atoms with E-state index in [1.54, 1.807) is 12.3 Å². The van der Waals surface area contributed by atoms with Gasteiger partial charge in [0.15, 0.2) is 0 Å². The molecule has 0 radical (unpaired) electrons. The van der Waals surface area contributed by atoms with E-state index in [-0.39, 0.29) is 11.8 Å². The highest BCUT2D eigenvalue weighted by Gasteiger charge is 2.45. The van der Waals surface area contributed by atoms with Crippen molar-refractivity contribution >= 4 is 17.4 Å².